The Hall–Kier alpha value is -3.88. The zero-order valence-electron chi connectivity index (χ0n) is 21.0. The Labute approximate surface area is 224 Å². The summed E-state index contributed by atoms with van der Waals surface area (Å²) in [6, 6.07) is 6.12. The zero-order chi connectivity index (χ0) is 28.9. The molecule has 8 nitrogen and oxygen atoms in total. The summed E-state index contributed by atoms with van der Waals surface area (Å²) < 4.78 is 78.7. The van der Waals surface area contributed by atoms with Gasteiger partial charge in [-0.15, -0.1) is 4.59 Å². The first-order valence-electron chi connectivity index (χ1n) is 12.2. The molecule has 0 spiro atoms. The first-order valence-corrected chi connectivity index (χ1v) is 12.2. The number of aromatic nitrogens is 1. The van der Waals surface area contributed by atoms with Crippen molar-refractivity contribution in [2.24, 2.45) is 21.7 Å². The van der Waals surface area contributed by atoms with E-state index in [1.165, 1.54) is 30.3 Å². The molecule has 1 unspecified atom stereocenters. The number of alkyl halides is 6. The smallest absolute Gasteiger partial charge is 0.307 e. The van der Waals surface area contributed by atoms with Crippen LogP contribution >= 0.6 is 0 Å². The van der Waals surface area contributed by atoms with E-state index in [4.69, 9.17) is 10.8 Å². The molecule has 3 aliphatic heterocycles. The van der Waals surface area contributed by atoms with Gasteiger partial charge in [0.2, 0.25) is 5.70 Å². The van der Waals surface area contributed by atoms with Gasteiger partial charge >= 0.3 is 12.4 Å². The molecule has 0 aliphatic carbocycles. The van der Waals surface area contributed by atoms with E-state index in [-0.39, 0.29) is 41.3 Å². The van der Waals surface area contributed by atoms with Crippen molar-refractivity contribution in [1.82, 2.24) is 9.88 Å². The SMILES string of the molecule is CN1C[C@@H](C2=C3C=NC=C[N+]3(N)C(c3ccc(C(=O)Nc4cc(C(F)(F)F)ccn4)cc3)=N2)CC[C@@H]1C(F)(F)F. The van der Waals surface area contributed by atoms with Gasteiger partial charge in [0.05, 0.1) is 23.5 Å². The molecule has 3 aliphatic rings. The number of amidine groups is 1. The van der Waals surface area contributed by atoms with Crippen molar-refractivity contribution in [1.29, 1.82) is 0 Å². The average Bonchev–Trinajstić information content (AvgIpc) is 3.20. The van der Waals surface area contributed by atoms with Crippen molar-refractivity contribution < 1.29 is 35.7 Å². The summed E-state index contributed by atoms with van der Waals surface area (Å²) in [4.78, 5) is 26.6. The molecule has 40 heavy (non-hydrogen) atoms. The molecule has 3 N–H and O–H groups in total. The van der Waals surface area contributed by atoms with Crippen LogP contribution in [0.4, 0.5) is 32.2 Å². The van der Waals surface area contributed by atoms with Crippen LogP contribution in [0.25, 0.3) is 0 Å². The number of aliphatic imine (C=N–C) groups is 2. The summed E-state index contributed by atoms with van der Waals surface area (Å²) in [6.45, 7) is 0.139. The number of piperidine rings is 1. The topological polar surface area (TPSA) is 96.0 Å². The lowest BCUT2D eigenvalue weighted by Gasteiger charge is -2.37. The number of nitrogens with two attached hydrogens (primary N) is 1. The summed E-state index contributed by atoms with van der Waals surface area (Å²) in [5, 5.41) is 2.35. The molecule has 4 heterocycles. The van der Waals surface area contributed by atoms with E-state index in [9.17, 15) is 31.1 Å². The molecule has 1 amide bonds. The number of likely N-dealkylation sites (tertiary alicyclic amines) is 1. The molecule has 1 saturated heterocycles. The van der Waals surface area contributed by atoms with Crippen LogP contribution in [0.3, 0.4) is 0 Å². The lowest BCUT2D eigenvalue weighted by atomic mass is 9.89. The highest BCUT2D eigenvalue weighted by Gasteiger charge is 2.49. The molecule has 0 radical (unpaired) electrons. The first-order chi connectivity index (χ1) is 18.8. The monoisotopic (exact) mass is 564 g/mol. The van der Waals surface area contributed by atoms with Crippen molar-refractivity contribution >= 4 is 23.8 Å². The minimum atomic E-state index is -4.58. The number of pyridine rings is 1. The van der Waals surface area contributed by atoms with Gasteiger partial charge in [-0.1, -0.05) is 0 Å². The molecule has 0 saturated carbocycles. The van der Waals surface area contributed by atoms with Gasteiger partial charge in [-0.2, -0.15) is 37.2 Å². The van der Waals surface area contributed by atoms with E-state index >= 15 is 0 Å². The van der Waals surface area contributed by atoms with E-state index in [1.807, 2.05) is 0 Å². The number of carbonyl (C=O) groups is 1. The number of benzene rings is 1. The van der Waals surface area contributed by atoms with E-state index in [2.05, 4.69) is 15.3 Å². The minimum absolute atomic E-state index is 0.0750. The predicted molar refractivity (Wildman–Crippen MR) is 134 cm³/mol. The Morgan fingerprint density at radius 1 is 1.10 bits per heavy atom. The van der Waals surface area contributed by atoms with Gasteiger partial charge < -0.3 is 5.32 Å². The predicted octanol–water partition coefficient (Wildman–Crippen LogP) is 4.84. The quantitative estimate of drug-likeness (QED) is 0.316. The fourth-order valence-corrected chi connectivity index (χ4v) is 5.12. The highest BCUT2D eigenvalue weighted by atomic mass is 19.4. The second-order valence-corrected chi connectivity index (χ2v) is 9.79. The Morgan fingerprint density at radius 2 is 1.82 bits per heavy atom. The van der Waals surface area contributed by atoms with Crippen molar-refractivity contribution in [3.63, 3.8) is 0 Å². The zero-order valence-corrected chi connectivity index (χ0v) is 21.0. The number of hydrogen-bond donors (Lipinski definition) is 2. The molecular formula is C26H24F6N7O+. The number of hydrogen-bond acceptors (Lipinski definition) is 6. The van der Waals surface area contributed by atoms with Crippen LogP contribution in [-0.2, 0) is 6.18 Å². The lowest BCUT2D eigenvalue weighted by Crippen LogP contribution is -2.53. The average molecular weight is 565 g/mol. The number of halogens is 6. The molecule has 0 bridgehead atoms. The van der Waals surface area contributed by atoms with E-state index in [0.717, 1.165) is 18.3 Å². The molecule has 1 aromatic carbocycles. The summed E-state index contributed by atoms with van der Waals surface area (Å²) >= 11 is 0. The third-order valence-electron chi connectivity index (χ3n) is 7.15. The van der Waals surface area contributed by atoms with Crippen molar-refractivity contribution in [2.45, 2.75) is 31.2 Å². The number of rotatable bonds is 4. The van der Waals surface area contributed by atoms with Crippen LogP contribution in [0, 0.1) is 5.92 Å². The molecular weight excluding hydrogens is 540 g/mol. The largest absolute Gasteiger partial charge is 0.416 e. The number of anilines is 1. The molecule has 1 aromatic heterocycles. The summed E-state index contributed by atoms with van der Waals surface area (Å²) in [5.41, 5.74) is 0.844. The summed E-state index contributed by atoms with van der Waals surface area (Å²) in [6.07, 6.45) is -3.11. The molecule has 210 valence electrons. The van der Waals surface area contributed by atoms with Gasteiger partial charge in [0, 0.05) is 24.2 Å². The van der Waals surface area contributed by atoms with Crippen LogP contribution in [0.1, 0.15) is 34.3 Å². The normalized spacial score (nSPS) is 25.1. The van der Waals surface area contributed by atoms with Crippen molar-refractivity contribution in [2.75, 3.05) is 18.9 Å². The van der Waals surface area contributed by atoms with Gasteiger partial charge in [-0.25, -0.2) is 4.98 Å². The highest BCUT2D eigenvalue weighted by Crippen LogP contribution is 2.40. The van der Waals surface area contributed by atoms with Crippen LogP contribution in [0.2, 0.25) is 0 Å². The van der Waals surface area contributed by atoms with Crippen molar-refractivity contribution in [3.8, 4) is 0 Å². The first kappa shape index (κ1) is 27.7. The van der Waals surface area contributed by atoms with Crippen LogP contribution in [-0.4, -0.2) is 58.2 Å². The fourth-order valence-electron chi connectivity index (χ4n) is 5.12. The van der Waals surface area contributed by atoms with Crippen LogP contribution in [0.5, 0.6) is 0 Å². The Bertz CT molecular complexity index is 1440. The maximum atomic E-state index is 13.4. The molecule has 14 heteroatoms. The van der Waals surface area contributed by atoms with Gasteiger partial charge in [0.25, 0.3) is 11.7 Å². The second-order valence-electron chi connectivity index (χ2n) is 9.79. The number of allylic oxidation sites excluding steroid dienone is 1. The molecule has 2 aromatic rings. The maximum Gasteiger partial charge on any atom is 0.416 e. The third kappa shape index (κ3) is 5.17. The summed E-state index contributed by atoms with van der Waals surface area (Å²) in [7, 11) is 1.44. The molecule has 5 rings (SSSR count). The number of fused-ring (bicyclic) bond motifs is 1. The highest BCUT2D eigenvalue weighted by molar-refractivity contribution is 6.05. The molecule has 3 atom stereocenters. The van der Waals surface area contributed by atoms with Gasteiger partial charge in [0.1, 0.15) is 23.8 Å². The number of carbonyl (C=O) groups excluding carboxylic acids is 1. The van der Waals surface area contributed by atoms with Gasteiger partial charge in [-0.05, 0) is 56.3 Å². The molecule has 1 fully saturated rings. The van der Waals surface area contributed by atoms with E-state index in [1.54, 1.807) is 24.5 Å². The van der Waals surface area contributed by atoms with Gasteiger partial charge in [0.15, 0.2) is 0 Å². The third-order valence-corrected chi connectivity index (χ3v) is 7.15. The number of nitrogens with zero attached hydrogens (tertiary/aromatic N) is 5. The lowest BCUT2D eigenvalue weighted by molar-refractivity contribution is -0.750. The number of quaternary nitrogens is 1. The van der Waals surface area contributed by atoms with E-state index in [0.29, 0.717) is 22.8 Å². The van der Waals surface area contributed by atoms with Gasteiger partial charge in [-0.3, -0.25) is 14.7 Å². The standard InChI is InChI=1S/C26H23F6N7O/c1-38-14-17(6-7-20(38)26(30,31)32)22-19-13-34-10-11-39(19,33)23(37-22)15-2-4-16(5-3-15)24(40)36-21-12-18(8-9-35-21)25(27,28)29/h2-5,8-13,17,20H,6-7,14,33H2,1H3/p+1/t17-,20+,39?/m0/s1. The second kappa shape index (κ2) is 9.94. The minimum Gasteiger partial charge on any atom is -0.307 e. The Balaban J connectivity index is 1.37. The van der Waals surface area contributed by atoms with E-state index < -0.39 is 29.9 Å². The number of amides is 1. The Kier molecular flexibility index (Phi) is 6.88. The van der Waals surface area contributed by atoms with Crippen molar-refractivity contribution in [3.05, 3.63) is 83.1 Å². The Morgan fingerprint density at radius 3 is 2.48 bits per heavy atom. The number of nitrogens with one attached hydrogen (secondary N) is 1. The fraction of sp³-hybridized carbons (Fsp3) is 0.308. The maximum absolute atomic E-state index is 13.4. The van der Waals surface area contributed by atoms with Crippen LogP contribution in [0.15, 0.2) is 76.4 Å². The van der Waals surface area contributed by atoms with Crippen LogP contribution < -0.4 is 11.2 Å². The summed E-state index contributed by atoms with van der Waals surface area (Å²) in [5.74, 6) is 5.88.